The number of anilines is 2. The van der Waals surface area contributed by atoms with Crippen LogP contribution >= 0.6 is 0 Å². The molecular weight excluding hydrogens is 268 g/mol. The Morgan fingerprint density at radius 3 is 2.68 bits per heavy atom. The van der Waals surface area contributed by atoms with E-state index >= 15 is 0 Å². The zero-order valence-electron chi connectivity index (χ0n) is 13.1. The Balaban J connectivity index is 1.80. The molecule has 0 spiro atoms. The van der Waals surface area contributed by atoms with Crippen molar-refractivity contribution < 1.29 is 0 Å². The second-order valence-electron chi connectivity index (χ2n) is 7.18. The maximum atomic E-state index is 3.99. The molecule has 2 heteroatoms. The predicted octanol–water partition coefficient (Wildman–Crippen LogP) is 4.31. The number of hydrogen-bond acceptors (Lipinski definition) is 2. The molecule has 0 amide bonds. The monoisotopic (exact) mass is 290 g/mol. The van der Waals surface area contributed by atoms with Crippen LogP contribution in [0.2, 0.25) is 0 Å². The van der Waals surface area contributed by atoms with Gasteiger partial charge in [0.05, 0.1) is 0 Å². The number of nitrogens with zero attached hydrogens (tertiary/aromatic N) is 1. The summed E-state index contributed by atoms with van der Waals surface area (Å²) in [5.74, 6) is 0. The van der Waals surface area contributed by atoms with E-state index in [1.54, 1.807) is 5.56 Å². The zero-order chi connectivity index (χ0) is 14.8. The molecule has 112 valence electrons. The van der Waals surface area contributed by atoms with Crippen molar-refractivity contribution >= 4 is 11.4 Å². The molecule has 1 N–H and O–H groups in total. The highest BCUT2D eigenvalue weighted by atomic mass is 15.4. The van der Waals surface area contributed by atoms with Gasteiger partial charge in [-0.1, -0.05) is 42.8 Å². The third-order valence-corrected chi connectivity index (χ3v) is 6.39. The van der Waals surface area contributed by atoms with E-state index in [1.165, 1.54) is 42.6 Å². The second-order valence-corrected chi connectivity index (χ2v) is 7.18. The van der Waals surface area contributed by atoms with Crippen LogP contribution in [-0.2, 0) is 11.8 Å². The fourth-order valence-electron chi connectivity index (χ4n) is 5.42. The third-order valence-electron chi connectivity index (χ3n) is 6.39. The summed E-state index contributed by atoms with van der Waals surface area (Å²) in [6.07, 6.45) is 6.34. The predicted molar refractivity (Wildman–Crippen MR) is 91.5 cm³/mol. The Morgan fingerprint density at radius 1 is 0.955 bits per heavy atom. The van der Waals surface area contributed by atoms with Gasteiger partial charge in [-0.25, -0.2) is 0 Å². The molecule has 2 aromatic rings. The zero-order valence-corrected chi connectivity index (χ0v) is 13.1. The largest absolute Gasteiger partial charge is 0.362 e. The Bertz CT molecular complexity index is 753. The second kappa shape index (κ2) is 4.07. The van der Waals surface area contributed by atoms with E-state index in [1.807, 2.05) is 0 Å². The van der Waals surface area contributed by atoms with Crippen LogP contribution in [0.25, 0.3) is 0 Å². The van der Waals surface area contributed by atoms with Crippen LogP contribution in [-0.4, -0.2) is 12.7 Å². The molecule has 2 atom stereocenters. The third kappa shape index (κ3) is 1.28. The molecular formula is C20H22N2. The molecule has 0 aromatic heterocycles. The molecule has 2 nitrogen and oxygen atoms in total. The van der Waals surface area contributed by atoms with E-state index in [-0.39, 0.29) is 11.1 Å². The fourth-order valence-corrected chi connectivity index (χ4v) is 5.42. The van der Waals surface area contributed by atoms with Gasteiger partial charge in [0.2, 0.25) is 0 Å². The standard InChI is InChI=1S/C20H22N2/c1-22-18-11-5-3-9-16(18)19-12-6-7-13-20(19,22)21-17-10-4-2-8-15(17)14-19/h2-5,8-11,21H,6-7,12-14H2,1H3/t19-,20+/m0/s1. The number of likely N-dealkylation sites (N-methyl/N-ethyl adjacent to an activating group) is 1. The molecule has 1 aliphatic carbocycles. The van der Waals surface area contributed by atoms with Crippen molar-refractivity contribution in [1.29, 1.82) is 0 Å². The van der Waals surface area contributed by atoms with Crippen molar-refractivity contribution in [3.05, 3.63) is 59.7 Å². The Morgan fingerprint density at radius 2 is 1.73 bits per heavy atom. The number of nitrogens with one attached hydrogen (secondary N) is 1. The maximum absolute atomic E-state index is 3.99. The molecule has 2 heterocycles. The van der Waals surface area contributed by atoms with E-state index < -0.39 is 0 Å². The molecule has 3 aliphatic rings. The Labute approximate surface area is 132 Å². The smallest absolute Gasteiger partial charge is 0.120 e. The normalized spacial score (nSPS) is 31.6. The van der Waals surface area contributed by atoms with Gasteiger partial charge < -0.3 is 10.2 Å². The topological polar surface area (TPSA) is 15.3 Å². The summed E-state index contributed by atoms with van der Waals surface area (Å²) in [4.78, 5) is 2.54. The molecule has 1 saturated carbocycles. The van der Waals surface area contributed by atoms with Crippen molar-refractivity contribution in [1.82, 2.24) is 0 Å². The van der Waals surface area contributed by atoms with E-state index in [4.69, 9.17) is 0 Å². The quantitative estimate of drug-likeness (QED) is 0.777. The molecule has 0 radical (unpaired) electrons. The average Bonchev–Trinajstić information content (AvgIpc) is 2.79. The summed E-state index contributed by atoms with van der Waals surface area (Å²) < 4.78 is 0. The van der Waals surface area contributed by atoms with E-state index in [9.17, 15) is 0 Å². The molecule has 0 bridgehead atoms. The fraction of sp³-hybridized carbons (Fsp3) is 0.400. The maximum Gasteiger partial charge on any atom is 0.120 e. The number of rotatable bonds is 0. The first-order valence-corrected chi connectivity index (χ1v) is 8.46. The van der Waals surface area contributed by atoms with Gasteiger partial charge in [-0.2, -0.15) is 0 Å². The summed E-state index contributed by atoms with van der Waals surface area (Å²) in [5, 5.41) is 3.99. The highest BCUT2D eigenvalue weighted by molar-refractivity contribution is 5.73. The van der Waals surface area contributed by atoms with Gasteiger partial charge in [-0.3, -0.25) is 0 Å². The van der Waals surface area contributed by atoms with E-state index in [0.29, 0.717) is 0 Å². The van der Waals surface area contributed by atoms with Crippen molar-refractivity contribution in [2.75, 3.05) is 17.3 Å². The van der Waals surface area contributed by atoms with Gasteiger partial charge in [0.25, 0.3) is 0 Å². The first-order valence-electron chi connectivity index (χ1n) is 8.46. The van der Waals surface area contributed by atoms with E-state index in [2.05, 4.69) is 65.8 Å². The van der Waals surface area contributed by atoms with Gasteiger partial charge in [-0.05, 0) is 48.9 Å². The Kier molecular flexibility index (Phi) is 2.32. The molecule has 1 fully saturated rings. The highest BCUT2D eigenvalue weighted by Gasteiger charge is 2.63. The van der Waals surface area contributed by atoms with Crippen molar-refractivity contribution in [2.45, 2.75) is 43.2 Å². The lowest BCUT2D eigenvalue weighted by Gasteiger charge is -2.56. The first kappa shape index (κ1) is 12.6. The molecule has 0 saturated heterocycles. The van der Waals surface area contributed by atoms with E-state index in [0.717, 1.165) is 6.42 Å². The lowest BCUT2D eigenvalue weighted by Crippen LogP contribution is -2.66. The van der Waals surface area contributed by atoms with Crippen molar-refractivity contribution in [3.8, 4) is 0 Å². The van der Waals surface area contributed by atoms with Crippen LogP contribution in [0.4, 0.5) is 11.4 Å². The van der Waals surface area contributed by atoms with Gasteiger partial charge in [0.1, 0.15) is 5.66 Å². The summed E-state index contributed by atoms with van der Waals surface area (Å²) in [5.41, 5.74) is 6.07. The molecule has 22 heavy (non-hydrogen) atoms. The number of hydrogen-bond donors (Lipinski definition) is 1. The number of fused-ring (bicyclic) bond motifs is 2. The molecule has 5 rings (SSSR count). The minimum absolute atomic E-state index is 0.0588. The Hall–Kier alpha value is -1.96. The van der Waals surface area contributed by atoms with Crippen molar-refractivity contribution in [3.63, 3.8) is 0 Å². The van der Waals surface area contributed by atoms with Gasteiger partial charge in [0, 0.05) is 23.8 Å². The minimum Gasteiger partial charge on any atom is -0.362 e. The van der Waals surface area contributed by atoms with Gasteiger partial charge >= 0.3 is 0 Å². The molecule has 0 unspecified atom stereocenters. The average molecular weight is 290 g/mol. The van der Waals surface area contributed by atoms with Crippen LogP contribution in [0.1, 0.15) is 36.8 Å². The summed E-state index contributed by atoms with van der Waals surface area (Å²) >= 11 is 0. The van der Waals surface area contributed by atoms with Crippen LogP contribution in [0.15, 0.2) is 48.5 Å². The lowest BCUT2D eigenvalue weighted by atomic mass is 9.59. The van der Waals surface area contributed by atoms with Crippen LogP contribution in [0.3, 0.4) is 0 Å². The number of para-hydroxylation sites is 2. The highest BCUT2D eigenvalue weighted by Crippen LogP contribution is 2.61. The van der Waals surface area contributed by atoms with Gasteiger partial charge in [-0.15, -0.1) is 0 Å². The minimum atomic E-state index is 0.0588. The van der Waals surface area contributed by atoms with Crippen LogP contribution in [0, 0.1) is 0 Å². The molecule has 2 aromatic carbocycles. The summed E-state index contributed by atoms with van der Waals surface area (Å²) in [6.45, 7) is 0. The molecule has 2 aliphatic heterocycles. The van der Waals surface area contributed by atoms with Crippen molar-refractivity contribution in [2.24, 2.45) is 0 Å². The van der Waals surface area contributed by atoms with Crippen LogP contribution in [0.5, 0.6) is 0 Å². The first-order chi connectivity index (χ1) is 10.8. The SMILES string of the molecule is CN1c2ccccc2[C@@]23CCCC[C@@]12Nc1ccccc1C3. The van der Waals surface area contributed by atoms with Crippen LogP contribution < -0.4 is 10.2 Å². The summed E-state index contributed by atoms with van der Waals surface area (Å²) in [7, 11) is 2.28. The lowest BCUT2D eigenvalue weighted by molar-refractivity contribution is 0.171. The number of benzene rings is 2. The van der Waals surface area contributed by atoms with Gasteiger partial charge in [0.15, 0.2) is 0 Å². The summed E-state index contributed by atoms with van der Waals surface area (Å²) in [6, 6.07) is 17.9.